The van der Waals surface area contributed by atoms with Crippen LogP contribution in [0, 0.1) is 11.8 Å². The Balaban J connectivity index is 2.11. The molecule has 3 amide bonds. The van der Waals surface area contributed by atoms with Gasteiger partial charge in [0.1, 0.15) is 10.7 Å². The number of amides is 3. The number of rotatable bonds is 8. The van der Waals surface area contributed by atoms with Gasteiger partial charge >= 0.3 is 6.03 Å². The Morgan fingerprint density at radius 3 is 2.38 bits per heavy atom. The molecule has 0 saturated carbocycles. The second-order valence-corrected chi connectivity index (χ2v) is 9.29. The number of hydrogen-bond donors (Lipinski definition) is 2. The number of carbonyl (C=O) groups is 2. The van der Waals surface area contributed by atoms with Crippen molar-refractivity contribution in [1.29, 1.82) is 0 Å². The van der Waals surface area contributed by atoms with Crippen LogP contribution in [0.4, 0.5) is 10.5 Å². The van der Waals surface area contributed by atoms with Crippen LogP contribution in [0.3, 0.4) is 0 Å². The molecule has 1 aromatic heterocycles. The van der Waals surface area contributed by atoms with Gasteiger partial charge in [0, 0.05) is 18.5 Å². The molecule has 0 unspecified atom stereocenters. The van der Waals surface area contributed by atoms with E-state index in [-0.39, 0.29) is 24.4 Å². The number of aromatic nitrogens is 1. The van der Waals surface area contributed by atoms with E-state index >= 15 is 0 Å². The first-order valence-corrected chi connectivity index (χ1v) is 11.0. The lowest BCUT2D eigenvalue weighted by Crippen LogP contribution is -2.37. The summed E-state index contributed by atoms with van der Waals surface area (Å²) in [5, 5.41) is 8.76. The van der Waals surface area contributed by atoms with Gasteiger partial charge in [0.2, 0.25) is 0 Å². The van der Waals surface area contributed by atoms with E-state index in [0.717, 1.165) is 0 Å². The average Bonchev–Trinajstić information content (AvgIpc) is 3.10. The van der Waals surface area contributed by atoms with E-state index in [1.54, 1.807) is 28.5 Å². The second-order valence-electron chi connectivity index (χ2n) is 7.53. The Labute approximate surface area is 185 Å². The lowest BCUT2D eigenvalue weighted by molar-refractivity contribution is 0.0944. The number of para-hydroxylation sites is 1. The zero-order chi connectivity index (χ0) is 21.6. The molecule has 0 aliphatic rings. The molecule has 1 heterocycles. The molecule has 0 bridgehead atoms. The highest BCUT2D eigenvalue weighted by molar-refractivity contribution is 7.09. The monoisotopic (exact) mass is 456 g/mol. The normalized spacial score (nSPS) is 11.0. The summed E-state index contributed by atoms with van der Waals surface area (Å²) in [7, 11) is 0. The number of halogens is 2. The summed E-state index contributed by atoms with van der Waals surface area (Å²) >= 11 is 13.7. The highest BCUT2D eigenvalue weighted by atomic mass is 35.5. The maximum Gasteiger partial charge on any atom is 0.322 e. The predicted molar refractivity (Wildman–Crippen MR) is 120 cm³/mol. The van der Waals surface area contributed by atoms with Crippen molar-refractivity contribution in [3.05, 3.63) is 44.3 Å². The molecule has 0 radical (unpaired) electrons. The lowest BCUT2D eigenvalue weighted by Gasteiger charge is -2.24. The Bertz CT molecular complexity index is 835. The van der Waals surface area contributed by atoms with Gasteiger partial charge in [-0.05, 0) is 24.0 Å². The summed E-state index contributed by atoms with van der Waals surface area (Å²) in [6, 6.07) is 4.72. The fraction of sp³-hybridized carbons (Fsp3) is 0.450. The highest BCUT2D eigenvalue weighted by Gasteiger charge is 2.20. The van der Waals surface area contributed by atoms with E-state index in [1.165, 1.54) is 11.3 Å². The Hall–Kier alpha value is -1.83. The molecule has 29 heavy (non-hydrogen) atoms. The van der Waals surface area contributed by atoms with Gasteiger partial charge in [-0.1, -0.05) is 57.0 Å². The fourth-order valence-corrected chi connectivity index (χ4v) is 3.78. The molecule has 9 heteroatoms. The molecule has 2 N–H and O–H groups in total. The van der Waals surface area contributed by atoms with Gasteiger partial charge in [0.05, 0.1) is 22.3 Å². The fourth-order valence-electron chi connectivity index (χ4n) is 2.50. The van der Waals surface area contributed by atoms with Gasteiger partial charge in [-0.25, -0.2) is 9.78 Å². The van der Waals surface area contributed by atoms with E-state index < -0.39 is 0 Å². The van der Waals surface area contributed by atoms with Gasteiger partial charge < -0.3 is 15.5 Å². The number of thiazole rings is 1. The van der Waals surface area contributed by atoms with Crippen LogP contribution >= 0.6 is 34.5 Å². The SMILES string of the molecule is CC(C)CNC(=O)c1csc(CN(CC(C)C)C(=O)Nc2c(Cl)cccc2Cl)n1. The number of anilines is 1. The van der Waals surface area contributed by atoms with Gasteiger partial charge in [-0.3, -0.25) is 4.79 Å². The molecule has 0 saturated heterocycles. The third kappa shape index (κ3) is 7.17. The molecule has 0 fully saturated rings. The minimum Gasteiger partial charge on any atom is -0.350 e. The van der Waals surface area contributed by atoms with Crippen molar-refractivity contribution in [2.24, 2.45) is 11.8 Å². The molecule has 2 aromatic rings. The van der Waals surface area contributed by atoms with E-state index in [2.05, 4.69) is 15.6 Å². The van der Waals surface area contributed by atoms with Crippen LogP contribution < -0.4 is 10.6 Å². The smallest absolute Gasteiger partial charge is 0.322 e. The molecule has 0 atom stereocenters. The van der Waals surface area contributed by atoms with Crippen LogP contribution in [0.2, 0.25) is 10.0 Å². The molecule has 0 spiro atoms. The lowest BCUT2D eigenvalue weighted by atomic mass is 10.2. The summed E-state index contributed by atoms with van der Waals surface area (Å²) in [5.74, 6) is 0.402. The molecule has 2 rings (SSSR count). The molecule has 0 aliphatic heterocycles. The van der Waals surface area contributed by atoms with Crippen molar-refractivity contribution >= 4 is 52.2 Å². The van der Waals surface area contributed by atoms with Gasteiger partial charge in [-0.15, -0.1) is 11.3 Å². The summed E-state index contributed by atoms with van der Waals surface area (Å²) in [6.45, 7) is 9.49. The zero-order valence-electron chi connectivity index (χ0n) is 17.0. The first kappa shape index (κ1) is 23.4. The third-order valence-electron chi connectivity index (χ3n) is 3.85. The molecule has 6 nitrogen and oxygen atoms in total. The minimum atomic E-state index is -0.324. The van der Waals surface area contributed by atoms with E-state index in [1.807, 2.05) is 27.7 Å². The predicted octanol–water partition coefficient (Wildman–Crippen LogP) is 5.53. The second kappa shape index (κ2) is 10.8. The summed E-state index contributed by atoms with van der Waals surface area (Å²) in [4.78, 5) is 31.1. The maximum atomic E-state index is 12.9. The molecular weight excluding hydrogens is 431 g/mol. The minimum absolute atomic E-state index is 0.205. The summed E-state index contributed by atoms with van der Waals surface area (Å²) in [5.41, 5.74) is 0.743. The van der Waals surface area contributed by atoms with E-state index in [0.29, 0.717) is 45.4 Å². The van der Waals surface area contributed by atoms with Crippen LogP contribution in [0.5, 0.6) is 0 Å². The van der Waals surface area contributed by atoms with Gasteiger partial charge in [0.25, 0.3) is 5.91 Å². The first-order valence-electron chi connectivity index (χ1n) is 9.40. The van der Waals surface area contributed by atoms with Crippen LogP contribution in [0.1, 0.15) is 43.2 Å². The molecule has 0 aliphatic carbocycles. The van der Waals surface area contributed by atoms with Crippen LogP contribution in [0.25, 0.3) is 0 Å². The number of nitrogens with zero attached hydrogens (tertiary/aromatic N) is 2. The van der Waals surface area contributed by atoms with Crippen molar-refractivity contribution in [2.45, 2.75) is 34.2 Å². The maximum absolute atomic E-state index is 12.9. The zero-order valence-corrected chi connectivity index (χ0v) is 19.3. The van der Waals surface area contributed by atoms with Crippen molar-refractivity contribution in [1.82, 2.24) is 15.2 Å². The third-order valence-corrected chi connectivity index (χ3v) is 5.31. The topological polar surface area (TPSA) is 74.3 Å². The largest absolute Gasteiger partial charge is 0.350 e. The standard InChI is InChI=1S/C20H26Cl2N4O2S/c1-12(2)8-23-19(27)16-11-29-17(24-16)10-26(9-13(3)4)20(28)25-18-14(21)6-5-7-15(18)22/h5-7,11-13H,8-10H2,1-4H3,(H,23,27)(H,25,28). The van der Waals surface area contributed by atoms with Crippen molar-refractivity contribution < 1.29 is 9.59 Å². The quantitative estimate of drug-likeness (QED) is 0.548. The van der Waals surface area contributed by atoms with Crippen LogP contribution in [-0.2, 0) is 6.54 Å². The van der Waals surface area contributed by atoms with E-state index in [9.17, 15) is 9.59 Å². The number of urea groups is 1. The van der Waals surface area contributed by atoms with Crippen molar-refractivity contribution in [3.8, 4) is 0 Å². The van der Waals surface area contributed by atoms with Gasteiger partial charge in [-0.2, -0.15) is 0 Å². The average molecular weight is 457 g/mol. The van der Waals surface area contributed by atoms with Crippen LogP contribution in [0.15, 0.2) is 23.6 Å². The van der Waals surface area contributed by atoms with E-state index in [4.69, 9.17) is 23.2 Å². The Morgan fingerprint density at radius 1 is 1.14 bits per heavy atom. The molecular formula is C20H26Cl2N4O2S. The highest BCUT2D eigenvalue weighted by Crippen LogP contribution is 2.30. The Kier molecular flexibility index (Phi) is 8.74. The number of nitrogens with one attached hydrogen (secondary N) is 2. The molecule has 1 aromatic carbocycles. The summed E-state index contributed by atoms with van der Waals surface area (Å²) < 4.78 is 0. The number of hydrogen-bond acceptors (Lipinski definition) is 4. The summed E-state index contributed by atoms with van der Waals surface area (Å²) in [6.07, 6.45) is 0. The van der Waals surface area contributed by atoms with Gasteiger partial charge in [0.15, 0.2) is 0 Å². The van der Waals surface area contributed by atoms with Crippen LogP contribution in [-0.4, -0.2) is 34.9 Å². The van der Waals surface area contributed by atoms with Crippen molar-refractivity contribution in [2.75, 3.05) is 18.4 Å². The number of benzene rings is 1. The Morgan fingerprint density at radius 2 is 1.79 bits per heavy atom. The first-order chi connectivity index (χ1) is 13.7. The number of carbonyl (C=O) groups excluding carboxylic acids is 2. The molecule has 158 valence electrons. The van der Waals surface area contributed by atoms with Crippen molar-refractivity contribution in [3.63, 3.8) is 0 Å².